The summed E-state index contributed by atoms with van der Waals surface area (Å²) < 4.78 is 42.4. The van der Waals surface area contributed by atoms with Gasteiger partial charge in [0, 0.05) is 32.3 Å². The van der Waals surface area contributed by atoms with Crippen LogP contribution < -0.4 is 10.8 Å². The van der Waals surface area contributed by atoms with Gasteiger partial charge in [0.1, 0.15) is 0 Å². The van der Waals surface area contributed by atoms with Crippen LogP contribution in [-0.2, 0) is 15.2 Å². The Labute approximate surface area is 188 Å². The summed E-state index contributed by atoms with van der Waals surface area (Å²) in [5.74, 6) is -0.212. The fraction of sp³-hybridized carbons (Fsp3) is 0.318. The van der Waals surface area contributed by atoms with E-state index in [1.54, 1.807) is 45.9 Å². The number of benzene rings is 2. The van der Waals surface area contributed by atoms with Gasteiger partial charge in [-0.2, -0.15) is 13.2 Å². The van der Waals surface area contributed by atoms with Crippen molar-refractivity contribution in [2.75, 3.05) is 5.32 Å². The monoisotopic (exact) mass is 472 g/mol. The Bertz CT molecular complexity index is 1040. The van der Waals surface area contributed by atoms with Gasteiger partial charge < -0.3 is 5.32 Å². The molecule has 0 spiro atoms. The van der Waals surface area contributed by atoms with E-state index in [2.05, 4.69) is 10.8 Å². The first-order valence-corrected chi connectivity index (χ1v) is 10.1. The zero-order valence-electron chi connectivity index (χ0n) is 17.2. The third kappa shape index (κ3) is 4.68. The molecule has 31 heavy (non-hydrogen) atoms. The second-order valence-corrected chi connectivity index (χ2v) is 9.26. The molecule has 4 nitrogen and oxygen atoms in total. The Hall–Kier alpha value is -2.22. The molecule has 0 aliphatic carbocycles. The molecule has 9 heteroatoms. The minimum atomic E-state index is -4.80. The van der Waals surface area contributed by atoms with Crippen LogP contribution in [0, 0.1) is 12.3 Å². The van der Waals surface area contributed by atoms with Gasteiger partial charge in [-0.05, 0) is 42.8 Å². The van der Waals surface area contributed by atoms with Crippen LogP contribution in [0.4, 0.5) is 18.9 Å². The minimum absolute atomic E-state index is 0.0547. The maximum Gasteiger partial charge on any atom is 0.428 e. The largest absolute Gasteiger partial charge is 0.428 e. The van der Waals surface area contributed by atoms with Crippen LogP contribution in [0.25, 0.3) is 5.70 Å². The SMILES string of the molecule is Cc1ccc(C2=CC(c3cc(Cl)cc(Cl)c3)(C(F)(F)F)ON2)cc1NC(=O)C(C)(C)C. The highest BCUT2D eigenvalue weighted by Crippen LogP contribution is 2.48. The van der Waals surface area contributed by atoms with Crippen LogP contribution in [0.15, 0.2) is 42.5 Å². The van der Waals surface area contributed by atoms with E-state index >= 15 is 0 Å². The summed E-state index contributed by atoms with van der Waals surface area (Å²) in [5, 5.41) is 2.93. The topological polar surface area (TPSA) is 50.4 Å². The number of nitrogens with one attached hydrogen (secondary N) is 2. The van der Waals surface area contributed by atoms with Crippen LogP contribution in [0.1, 0.15) is 37.5 Å². The molecule has 1 aliphatic rings. The van der Waals surface area contributed by atoms with E-state index < -0.39 is 17.2 Å². The average molecular weight is 473 g/mol. The second kappa shape index (κ2) is 8.04. The van der Waals surface area contributed by atoms with Gasteiger partial charge in [0.25, 0.3) is 0 Å². The lowest BCUT2D eigenvalue weighted by molar-refractivity contribution is -0.269. The molecular formula is C22H21Cl2F3N2O2. The first kappa shape index (κ1) is 23.4. The fourth-order valence-corrected chi connectivity index (χ4v) is 3.51. The number of carbonyl (C=O) groups is 1. The van der Waals surface area contributed by atoms with Gasteiger partial charge >= 0.3 is 6.18 Å². The lowest BCUT2D eigenvalue weighted by Crippen LogP contribution is -2.42. The quantitative estimate of drug-likeness (QED) is 0.527. The normalized spacial score (nSPS) is 19.1. The smallest absolute Gasteiger partial charge is 0.325 e. The predicted octanol–water partition coefficient (Wildman–Crippen LogP) is 6.62. The molecule has 1 aliphatic heterocycles. The Morgan fingerprint density at radius 2 is 1.68 bits per heavy atom. The summed E-state index contributed by atoms with van der Waals surface area (Å²) in [4.78, 5) is 17.5. The molecular weight excluding hydrogens is 452 g/mol. The Morgan fingerprint density at radius 3 is 2.23 bits per heavy atom. The zero-order chi connectivity index (χ0) is 23.2. The molecule has 0 aromatic heterocycles. The number of alkyl halides is 3. The number of carbonyl (C=O) groups excluding carboxylic acids is 1. The Kier molecular flexibility index (Phi) is 6.08. The van der Waals surface area contributed by atoms with Crippen molar-refractivity contribution in [3.63, 3.8) is 0 Å². The van der Waals surface area contributed by atoms with Gasteiger partial charge in [0.15, 0.2) is 0 Å². The number of amides is 1. The first-order valence-electron chi connectivity index (χ1n) is 9.35. The van der Waals surface area contributed by atoms with Crippen molar-refractivity contribution < 1.29 is 22.8 Å². The molecule has 1 heterocycles. The minimum Gasteiger partial charge on any atom is -0.325 e. The van der Waals surface area contributed by atoms with Gasteiger partial charge in [-0.3, -0.25) is 15.1 Å². The van der Waals surface area contributed by atoms with Crippen molar-refractivity contribution in [1.29, 1.82) is 0 Å². The van der Waals surface area contributed by atoms with Crippen molar-refractivity contribution in [1.82, 2.24) is 5.48 Å². The highest BCUT2D eigenvalue weighted by atomic mass is 35.5. The van der Waals surface area contributed by atoms with Gasteiger partial charge in [-0.15, -0.1) is 0 Å². The lowest BCUT2D eigenvalue weighted by Gasteiger charge is -2.28. The molecule has 1 unspecified atom stereocenters. The van der Waals surface area contributed by atoms with Crippen molar-refractivity contribution in [3.8, 4) is 0 Å². The average Bonchev–Trinajstić information content (AvgIpc) is 3.08. The van der Waals surface area contributed by atoms with Gasteiger partial charge in [0.2, 0.25) is 11.5 Å². The van der Waals surface area contributed by atoms with Gasteiger partial charge in [-0.25, -0.2) is 0 Å². The summed E-state index contributed by atoms with van der Waals surface area (Å²) in [5.41, 5.74) is 0.484. The zero-order valence-corrected chi connectivity index (χ0v) is 18.8. The molecule has 0 radical (unpaired) electrons. The van der Waals surface area contributed by atoms with Crippen molar-refractivity contribution in [3.05, 3.63) is 69.2 Å². The molecule has 2 aromatic carbocycles. The number of halogens is 5. The molecule has 3 rings (SSSR count). The van der Waals surface area contributed by atoms with Crippen LogP contribution in [0.5, 0.6) is 0 Å². The molecule has 0 bridgehead atoms. The number of rotatable bonds is 3. The highest BCUT2D eigenvalue weighted by Gasteiger charge is 2.59. The summed E-state index contributed by atoms with van der Waals surface area (Å²) >= 11 is 11.9. The van der Waals surface area contributed by atoms with Gasteiger partial charge in [0.05, 0.1) is 5.70 Å². The summed E-state index contributed by atoms with van der Waals surface area (Å²) in [6.07, 6.45) is -3.86. The Balaban J connectivity index is 2.06. The fourth-order valence-electron chi connectivity index (χ4n) is 2.99. The lowest BCUT2D eigenvalue weighted by atomic mass is 9.91. The van der Waals surface area contributed by atoms with E-state index in [4.69, 9.17) is 28.0 Å². The summed E-state index contributed by atoms with van der Waals surface area (Å²) in [6, 6.07) is 8.60. The molecule has 1 atom stereocenters. The van der Waals surface area contributed by atoms with Gasteiger partial charge in [-0.1, -0.05) is 56.1 Å². The number of hydrogen-bond acceptors (Lipinski definition) is 3. The van der Waals surface area contributed by atoms with Crippen LogP contribution in [0.2, 0.25) is 10.0 Å². The number of hydrogen-bond donors (Lipinski definition) is 2. The number of hydroxylamine groups is 1. The standard InChI is InChI=1S/C22H21Cl2F3N2O2/c1-12-5-6-13(7-17(12)28-19(30)20(2,3)4)18-11-21(31-29-18,22(25,26)27)14-8-15(23)10-16(24)9-14/h5-11,29H,1-4H3,(H,28,30). The maximum absolute atomic E-state index is 14.1. The van der Waals surface area contributed by atoms with E-state index in [1.165, 1.54) is 6.07 Å². The first-order chi connectivity index (χ1) is 14.2. The third-order valence-corrected chi connectivity index (χ3v) is 5.30. The van der Waals surface area contributed by atoms with E-state index in [9.17, 15) is 18.0 Å². The maximum atomic E-state index is 14.1. The predicted molar refractivity (Wildman–Crippen MR) is 116 cm³/mol. The molecule has 0 saturated heterocycles. The van der Waals surface area contributed by atoms with E-state index in [-0.39, 0.29) is 27.2 Å². The molecule has 0 fully saturated rings. The number of aryl methyl sites for hydroxylation is 1. The molecule has 2 N–H and O–H groups in total. The van der Waals surface area contributed by atoms with Crippen molar-refractivity contribution in [2.45, 2.75) is 39.5 Å². The molecule has 0 saturated carbocycles. The number of anilines is 1. The van der Waals surface area contributed by atoms with E-state index in [0.29, 0.717) is 11.3 Å². The van der Waals surface area contributed by atoms with Crippen molar-refractivity contribution >= 4 is 40.5 Å². The van der Waals surface area contributed by atoms with Crippen LogP contribution in [-0.4, -0.2) is 12.1 Å². The summed E-state index contributed by atoms with van der Waals surface area (Å²) in [7, 11) is 0. The van der Waals surface area contributed by atoms with Crippen molar-refractivity contribution in [2.24, 2.45) is 5.41 Å². The Morgan fingerprint density at radius 1 is 1.06 bits per heavy atom. The molecule has 166 valence electrons. The molecule has 2 aromatic rings. The second-order valence-electron chi connectivity index (χ2n) is 8.39. The third-order valence-electron chi connectivity index (χ3n) is 4.86. The highest BCUT2D eigenvalue weighted by molar-refractivity contribution is 6.34. The van der Waals surface area contributed by atoms with Crippen LogP contribution in [0.3, 0.4) is 0 Å². The van der Waals surface area contributed by atoms with E-state index in [0.717, 1.165) is 23.8 Å². The van der Waals surface area contributed by atoms with Crippen LogP contribution >= 0.6 is 23.2 Å². The molecule has 1 amide bonds. The summed E-state index contributed by atoms with van der Waals surface area (Å²) in [6.45, 7) is 7.10. The van der Waals surface area contributed by atoms with E-state index in [1.807, 2.05) is 0 Å².